The lowest BCUT2D eigenvalue weighted by Crippen LogP contribution is -2.30. The lowest BCUT2D eigenvalue weighted by Gasteiger charge is -2.26. The number of nitrogens with zero attached hydrogens (tertiary/aromatic N) is 3. The molecular formula is C19H18ClN5O2S. The van der Waals surface area contributed by atoms with Crippen molar-refractivity contribution in [3.63, 3.8) is 0 Å². The van der Waals surface area contributed by atoms with Gasteiger partial charge in [0.05, 0.1) is 18.3 Å². The van der Waals surface area contributed by atoms with Crippen LogP contribution >= 0.6 is 22.9 Å². The lowest BCUT2D eigenvalue weighted by molar-refractivity contribution is -0.119. The normalized spacial score (nSPS) is 15.5. The van der Waals surface area contributed by atoms with Crippen molar-refractivity contribution in [2.75, 3.05) is 11.9 Å². The second-order valence-electron chi connectivity index (χ2n) is 6.43. The SMILES string of the molecule is CC(=O)NC1CCOc2ccc(-c3csc(Nc4cc(Cl)nc(C)n4)n3)cc21. The number of benzene rings is 1. The van der Waals surface area contributed by atoms with E-state index < -0.39 is 0 Å². The van der Waals surface area contributed by atoms with Gasteiger partial charge in [-0.05, 0) is 25.1 Å². The Balaban J connectivity index is 1.59. The zero-order valence-corrected chi connectivity index (χ0v) is 16.9. The summed E-state index contributed by atoms with van der Waals surface area (Å²) in [7, 11) is 0. The van der Waals surface area contributed by atoms with E-state index in [0.29, 0.717) is 28.5 Å². The monoisotopic (exact) mass is 415 g/mol. The molecule has 1 atom stereocenters. The summed E-state index contributed by atoms with van der Waals surface area (Å²) in [5, 5.41) is 9.21. The Morgan fingerprint density at radius 3 is 2.93 bits per heavy atom. The van der Waals surface area contributed by atoms with Gasteiger partial charge in [0, 0.05) is 35.9 Å². The fraction of sp³-hybridized carbons (Fsp3) is 0.263. The smallest absolute Gasteiger partial charge is 0.217 e. The molecule has 9 heteroatoms. The van der Waals surface area contributed by atoms with Gasteiger partial charge in [-0.3, -0.25) is 4.79 Å². The summed E-state index contributed by atoms with van der Waals surface area (Å²) in [5.74, 6) is 1.93. The highest BCUT2D eigenvalue weighted by Gasteiger charge is 2.23. The number of carbonyl (C=O) groups excluding carboxylic acids is 1. The molecule has 0 saturated carbocycles. The summed E-state index contributed by atoms with van der Waals surface area (Å²) in [6.07, 6.45) is 0.744. The molecule has 2 aromatic heterocycles. The molecule has 4 rings (SSSR count). The highest BCUT2D eigenvalue weighted by atomic mass is 35.5. The third kappa shape index (κ3) is 4.07. The molecule has 3 aromatic rings. The maximum atomic E-state index is 11.5. The number of carbonyl (C=O) groups is 1. The third-order valence-electron chi connectivity index (χ3n) is 4.27. The number of hydrogen-bond donors (Lipinski definition) is 2. The largest absolute Gasteiger partial charge is 0.493 e. The molecule has 0 saturated heterocycles. The molecule has 0 bridgehead atoms. The quantitative estimate of drug-likeness (QED) is 0.619. The number of fused-ring (bicyclic) bond motifs is 1. The Morgan fingerprint density at radius 2 is 2.14 bits per heavy atom. The predicted octanol–water partition coefficient (Wildman–Crippen LogP) is 4.27. The van der Waals surface area contributed by atoms with Crippen molar-refractivity contribution in [2.45, 2.75) is 26.3 Å². The summed E-state index contributed by atoms with van der Waals surface area (Å²) in [4.78, 5) is 24.5. The van der Waals surface area contributed by atoms with Crippen molar-refractivity contribution in [3.05, 3.63) is 46.2 Å². The first-order valence-electron chi connectivity index (χ1n) is 8.76. The summed E-state index contributed by atoms with van der Waals surface area (Å²) in [5.41, 5.74) is 2.76. The number of aryl methyl sites for hydroxylation is 1. The molecule has 1 unspecified atom stereocenters. The van der Waals surface area contributed by atoms with Crippen LogP contribution in [-0.2, 0) is 4.79 Å². The van der Waals surface area contributed by atoms with Crippen LogP contribution in [0, 0.1) is 6.92 Å². The second-order valence-corrected chi connectivity index (χ2v) is 7.67. The minimum Gasteiger partial charge on any atom is -0.493 e. The average Bonchev–Trinajstić information content (AvgIpc) is 3.09. The van der Waals surface area contributed by atoms with Gasteiger partial charge in [0.2, 0.25) is 5.91 Å². The van der Waals surface area contributed by atoms with Crippen LogP contribution in [0.1, 0.15) is 30.8 Å². The first-order valence-corrected chi connectivity index (χ1v) is 10.0. The van der Waals surface area contributed by atoms with E-state index >= 15 is 0 Å². The van der Waals surface area contributed by atoms with Crippen LogP contribution in [0.3, 0.4) is 0 Å². The summed E-state index contributed by atoms with van der Waals surface area (Å²) in [6, 6.07) is 7.53. The van der Waals surface area contributed by atoms with E-state index in [1.54, 1.807) is 13.0 Å². The van der Waals surface area contributed by atoms with Crippen LogP contribution in [-0.4, -0.2) is 27.5 Å². The Kier molecular flexibility index (Phi) is 5.15. The molecular weight excluding hydrogens is 398 g/mol. The molecule has 144 valence electrons. The Labute approximate surface area is 171 Å². The van der Waals surface area contributed by atoms with Crippen molar-refractivity contribution in [3.8, 4) is 17.0 Å². The molecule has 7 nitrogen and oxygen atoms in total. The van der Waals surface area contributed by atoms with Gasteiger partial charge >= 0.3 is 0 Å². The van der Waals surface area contributed by atoms with Crippen LogP contribution in [0.5, 0.6) is 5.75 Å². The standard InChI is InChI=1S/C19H18ClN5O2S/c1-10-21-17(20)8-18(22-10)25-19-24-15(9-28-19)12-3-4-16-13(7-12)14(5-6-27-16)23-11(2)26/h3-4,7-9,14H,5-6H2,1-2H3,(H,23,26)(H,21,22,24,25). The minimum absolute atomic E-state index is 0.0523. The van der Waals surface area contributed by atoms with Gasteiger partial charge in [-0.2, -0.15) is 0 Å². The molecule has 0 aliphatic carbocycles. The first kappa shape index (κ1) is 18.6. The Bertz CT molecular complexity index is 1020. The number of ether oxygens (including phenoxy) is 1. The zero-order chi connectivity index (χ0) is 19.7. The van der Waals surface area contributed by atoms with Crippen LogP contribution in [0.2, 0.25) is 5.15 Å². The van der Waals surface area contributed by atoms with Gasteiger partial charge in [-0.15, -0.1) is 11.3 Å². The predicted molar refractivity (Wildman–Crippen MR) is 109 cm³/mol. The van der Waals surface area contributed by atoms with E-state index in [-0.39, 0.29) is 11.9 Å². The second kappa shape index (κ2) is 7.73. The fourth-order valence-electron chi connectivity index (χ4n) is 3.12. The van der Waals surface area contributed by atoms with E-state index in [1.807, 2.05) is 23.6 Å². The van der Waals surface area contributed by atoms with Gasteiger partial charge in [0.1, 0.15) is 22.5 Å². The third-order valence-corrected chi connectivity index (χ3v) is 5.22. The summed E-state index contributed by atoms with van der Waals surface area (Å²) < 4.78 is 5.72. The molecule has 0 spiro atoms. The highest BCUT2D eigenvalue weighted by molar-refractivity contribution is 7.14. The molecule has 1 aliphatic rings. The number of hydrogen-bond acceptors (Lipinski definition) is 7. The number of halogens is 1. The maximum absolute atomic E-state index is 11.5. The van der Waals surface area contributed by atoms with E-state index in [4.69, 9.17) is 16.3 Å². The van der Waals surface area contributed by atoms with Crippen LogP contribution < -0.4 is 15.4 Å². The number of anilines is 2. The molecule has 1 aromatic carbocycles. The summed E-state index contributed by atoms with van der Waals surface area (Å²) in [6.45, 7) is 3.90. The average molecular weight is 416 g/mol. The highest BCUT2D eigenvalue weighted by Crippen LogP contribution is 2.36. The zero-order valence-electron chi connectivity index (χ0n) is 15.3. The van der Waals surface area contributed by atoms with Crippen LogP contribution in [0.25, 0.3) is 11.3 Å². The van der Waals surface area contributed by atoms with Gasteiger partial charge in [-0.1, -0.05) is 11.6 Å². The fourth-order valence-corrected chi connectivity index (χ4v) is 4.07. The van der Waals surface area contributed by atoms with Gasteiger partial charge in [0.15, 0.2) is 5.13 Å². The van der Waals surface area contributed by atoms with Crippen LogP contribution in [0.15, 0.2) is 29.6 Å². The lowest BCUT2D eigenvalue weighted by atomic mass is 9.97. The van der Waals surface area contributed by atoms with E-state index in [9.17, 15) is 4.79 Å². The van der Waals surface area contributed by atoms with Gasteiger partial charge in [0.25, 0.3) is 0 Å². The van der Waals surface area contributed by atoms with Gasteiger partial charge < -0.3 is 15.4 Å². The number of aromatic nitrogens is 3. The number of rotatable bonds is 4. The van der Waals surface area contributed by atoms with E-state index in [1.165, 1.54) is 18.3 Å². The van der Waals surface area contributed by atoms with Crippen molar-refractivity contribution in [2.24, 2.45) is 0 Å². The number of thiazole rings is 1. The summed E-state index contributed by atoms with van der Waals surface area (Å²) >= 11 is 7.46. The Hall–Kier alpha value is -2.71. The van der Waals surface area contributed by atoms with Crippen molar-refractivity contribution >= 4 is 39.8 Å². The Morgan fingerprint density at radius 1 is 1.29 bits per heavy atom. The number of amides is 1. The maximum Gasteiger partial charge on any atom is 0.217 e. The molecule has 0 fully saturated rings. The molecule has 1 amide bonds. The molecule has 2 N–H and O–H groups in total. The van der Waals surface area contributed by atoms with Crippen molar-refractivity contribution in [1.82, 2.24) is 20.3 Å². The molecule has 1 aliphatic heterocycles. The first-order chi connectivity index (χ1) is 13.5. The molecule has 0 radical (unpaired) electrons. The van der Waals surface area contributed by atoms with Crippen molar-refractivity contribution < 1.29 is 9.53 Å². The molecule has 3 heterocycles. The van der Waals surface area contributed by atoms with Gasteiger partial charge in [-0.25, -0.2) is 15.0 Å². The number of nitrogens with one attached hydrogen (secondary N) is 2. The minimum atomic E-state index is -0.0535. The topological polar surface area (TPSA) is 89.0 Å². The molecule has 28 heavy (non-hydrogen) atoms. The van der Waals surface area contributed by atoms with Crippen molar-refractivity contribution in [1.29, 1.82) is 0 Å². The van der Waals surface area contributed by atoms with Crippen LogP contribution in [0.4, 0.5) is 10.9 Å². The van der Waals surface area contributed by atoms with E-state index in [2.05, 4.69) is 25.6 Å². The van der Waals surface area contributed by atoms with E-state index in [0.717, 1.165) is 29.0 Å².